The standard InChI is InChI=1S/C16H14Cl2O/c17-14-7-3-6-13(15(14)18)16(19)12-8-10-4-1-2-5-11(10)9-12/h1-7,12,16,19H,8-9H2. The molecule has 0 heterocycles. The van der Waals surface area contributed by atoms with Crippen molar-refractivity contribution in [3.05, 3.63) is 69.2 Å². The average molecular weight is 293 g/mol. The summed E-state index contributed by atoms with van der Waals surface area (Å²) in [6, 6.07) is 13.8. The molecule has 1 unspecified atom stereocenters. The van der Waals surface area contributed by atoms with Gasteiger partial charge in [0.2, 0.25) is 0 Å². The third-order valence-corrected chi connectivity index (χ3v) is 4.66. The zero-order valence-corrected chi connectivity index (χ0v) is 11.8. The van der Waals surface area contributed by atoms with Gasteiger partial charge in [0.1, 0.15) is 0 Å². The minimum atomic E-state index is -0.571. The summed E-state index contributed by atoms with van der Waals surface area (Å²) in [5.41, 5.74) is 3.38. The van der Waals surface area contributed by atoms with Crippen LogP contribution in [-0.2, 0) is 12.8 Å². The summed E-state index contributed by atoms with van der Waals surface area (Å²) in [7, 11) is 0. The molecule has 1 atom stereocenters. The molecule has 0 saturated heterocycles. The minimum Gasteiger partial charge on any atom is -0.388 e. The van der Waals surface area contributed by atoms with Crippen molar-refractivity contribution in [1.82, 2.24) is 0 Å². The van der Waals surface area contributed by atoms with Gasteiger partial charge in [0, 0.05) is 5.56 Å². The van der Waals surface area contributed by atoms with Gasteiger partial charge in [0.15, 0.2) is 0 Å². The van der Waals surface area contributed by atoms with Crippen LogP contribution in [0.3, 0.4) is 0 Å². The van der Waals surface area contributed by atoms with E-state index in [1.54, 1.807) is 6.07 Å². The molecule has 98 valence electrons. The van der Waals surface area contributed by atoms with E-state index in [1.807, 2.05) is 24.3 Å². The first-order valence-corrected chi connectivity index (χ1v) is 7.11. The largest absolute Gasteiger partial charge is 0.388 e. The van der Waals surface area contributed by atoms with Crippen molar-refractivity contribution >= 4 is 23.2 Å². The zero-order valence-electron chi connectivity index (χ0n) is 10.3. The first-order valence-electron chi connectivity index (χ1n) is 6.35. The number of fused-ring (bicyclic) bond motifs is 1. The second-order valence-corrected chi connectivity index (χ2v) is 5.81. The number of aliphatic hydroxyl groups excluding tert-OH is 1. The molecule has 0 radical (unpaired) electrons. The normalized spacial score (nSPS) is 16.4. The van der Waals surface area contributed by atoms with Crippen LogP contribution >= 0.6 is 23.2 Å². The van der Waals surface area contributed by atoms with E-state index in [9.17, 15) is 5.11 Å². The molecule has 1 aliphatic rings. The molecule has 3 rings (SSSR count). The summed E-state index contributed by atoms with van der Waals surface area (Å²) in [4.78, 5) is 0. The fourth-order valence-electron chi connectivity index (χ4n) is 2.82. The Balaban J connectivity index is 1.87. The van der Waals surface area contributed by atoms with Gasteiger partial charge in [-0.2, -0.15) is 0 Å². The highest BCUT2D eigenvalue weighted by Gasteiger charge is 2.29. The summed E-state index contributed by atoms with van der Waals surface area (Å²) in [6.45, 7) is 0. The first kappa shape index (κ1) is 13.0. The second kappa shape index (κ2) is 5.16. The smallest absolute Gasteiger partial charge is 0.0839 e. The molecule has 3 heteroatoms. The second-order valence-electron chi connectivity index (χ2n) is 5.02. The highest BCUT2D eigenvalue weighted by Crippen LogP contribution is 2.39. The number of hydrogen-bond acceptors (Lipinski definition) is 1. The van der Waals surface area contributed by atoms with Gasteiger partial charge >= 0.3 is 0 Å². The lowest BCUT2D eigenvalue weighted by molar-refractivity contribution is 0.113. The Kier molecular flexibility index (Phi) is 3.53. The fraction of sp³-hybridized carbons (Fsp3) is 0.250. The highest BCUT2D eigenvalue weighted by atomic mass is 35.5. The average Bonchev–Trinajstić information content (AvgIpc) is 2.85. The molecule has 19 heavy (non-hydrogen) atoms. The molecule has 0 bridgehead atoms. The van der Waals surface area contributed by atoms with E-state index in [4.69, 9.17) is 23.2 Å². The molecular weight excluding hydrogens is 279 g/mol. The summed E-state index contributed by atoms with van der Waals surface area (Å²) in [5.74, 6) is 0.174. The summed E-state index contributed by atoms with van der Waals surface area (Å²) in [6.07, 6.45) is 1.21. The molecule has 0 fully saturated rings. The van der Waals surface area contributed by atoms with Crippen LogP contribution in [0.4, 0.5) is 0 Å². The van der Waals surface area contributed by atoms with Gasteiger partial charge < -0.3 is 5.11 Å². The van der Waals surface area contributed by atoms with Crippen molar-refractivity contribution in [2.75, 3.05) is 0 Å². The van der Waals surface area contributed by atoms with Gasteiger partial charge in [-0.25, -0.2) is 0 Å². The van der Waals surface area contributed by atoms with Crippen LogP contribution in [0, 0.1) is 5.92 Å². The van der Waals surface area contributed by atoms with Crippen LogP contribution in [0.2, 0.25) is 10.0 Å². The number of halogens is 2. The van der Waals surface area contributed by atoms with Crippen molar-refractivity contribution in [2.45, 2.75) is 18.9 Å². The lowest BCUT2D eigenvalue weighted by Gasteiger charge is -2.19. The van der Waals surface area contributed by atoms with Crippen molar-refractivity contribution in [3.8, 4) is 0 Å². The topological polar surface area (TPSA) is 20.2 Å². The molecular formula is C16H14Cl2O. The van der Waals surface area contributed by atoms with Gasteiger partial charge in [-0.15, -0.1) is 0 Å². The molecule has 2 aromatic carbocycles. The summed E-state index contributed by atoms with van der Waals surface area (Å²) >= 11 is 12.2. The summed E-state index contributed by atoms with van der Waals surface area (Å²) in [5, 5.41) is 11.5. The number of hydrogen-bond donors (Lipinski definition) is 1. The highest BCUT2D eigenvalue weighted by molar-refractivity contribution is 6.42. The molecule has 0 saturated carbocycles. The zero-order chi connectivity index (χ0) is 13.4. The predicted molar refractivity (Wildman–Crippen MR) is 78.8 cm³/mol. The Hall–Kier alpha value is -1.02. The van der Waals surface area contributed by atoms with E-state index in [0.717, 1.165) is 18.4 Å². The van der Waals surface area contributed by atoms with Crippen LogP contribution in [0.15, 0.2) is 42.5 Å². The van der Waals surface area contributed by atoms with E-state index in [-0.39, 0.29) is 5.92 Å². The van der Waals surface area contributed by atoms with Crippen LogP contribution in [-0.4, -0.2) is 5.11 Å². The Labute approximate surface area is 122 Å². The minimum absolute atomic E-state index is 0.174. The predicted octanol–water partition coefficient (Wildman–Crippen LogP) is 4.44. The lowest BCUT2D eigenvalue weighted by atomic mass is 9.93. The summed E-state index contributed by atoms with van der Waals surface area (Å²) < 4.78 is 0. The molecule has 1 N–H and O–H groups in total. The van der Waals surface area contributed by atoms with Gasteiger partial charge in [-0.3, -0.25) is 0 Å². The van der Waals surface area contributed by atoms with Crippen molar-refractivity contribution in [2.24, 2.45) is 5.92 Å². The van der Waals surface area contributed by atoms with E-state index < -0.39 is 6.10 Å². The Morgan fingerprint density at radius 2 is 1.58 bits per heavy atom. The number of benzene rings is 2. The Morgan fingerprint density at radius 3 is 2.21 bits per heavy atom. The Bertz CT molecular complexity index is 584. The third kappa shape index (κ3) is 2.38. The van der Waals surface area contributed by atoms with Crippen LogP contribution in [0.1, 0.15) is 22.8 Å². The van der Waals surface area contributed by atoms with Gasteiger partial charge in [-0.05, 0) is 36.0 Å². The fourth-order valence-corrected chi connectivity index (χ4v) is 3.24. The van der Waals surface area contributed by atoms with Crippen molar-refractivity contribution in [1.29, 1.82) is 0 Å². The van der Waals surface area contributed by atoms with Crippen molar-refractivity contribution < 1.29 is 5.11 Å². The molecule has 0 aliphatic heterocycles. The molecule has 0 spiro atoms. The van der Waals surface area contributed by atoms with Gasteiger partial charge in [0.05, 0.1) is 16.1 Å². The van der Waals surface area contributed by atoms with Crippen molar-refractivity contribution in [3.63, 3.8) is 0 Å². The van der Waals surface area contributed by atoms with E-state index in [0.29, 0.717) is 10.0 Å². The van der Waals surface area contributed by atoms with Crippen LogP contribution < -0.4 is 0 Å². The van der Waals surface area contributed by atoms with E-state index in [2.05, 4.69) is 12.1 Å². The quantitative estimate of drug-likeness (QED) is 0.867. The molecule has 0 aromatic heterocycles. The number of aliphatic hydroxyl groups is 1. The maximum absolute atomic E-state index is 10.6. The lowest BCUT2D eigenvalue weighted by Crippen LogP contribution is -2.13. The van der Waals surface area contributed by atoms with E-state index in [1.165, 1.54) is 11.1 Å². The Morgan fingerprint density at radius 1 is 0.947 bits per heavy atom. The van der Waals surface area contributed by atoms with Crippen LogP contribution in [0.5, 0.6) is 0 Å². The molecule has 1 aliphatic carbocycles. The number of rotatable bonds is 2. The van der Waals surface area contributed by atoms with Gasteiger partial charge in [-0.1, -0.05) is 59.6 Å². The molecule has 0 amide bonds. The molecule has 1 nitrogen and oxygen atoms in total. The third-order valence-electron chi connectivity index (χ3n) is 3.83. The van der Waals surface area contributed by atoms with Gasteiger partial charge in [0.25, 0.3) is 0 Å². The first-order chi connectivity index (χ1) is 9.16. The SMILES string of the molecule is OC(c1cccc(Cl)c1Cl)C1Cc2ccccc2C1. The monoisotopic (exact) mass is 292 g/mol. The molecule has 2 aromatic rings. The maximum Gasteiger partial charge on any atom is 0.0839 e. The maximum atomic E-state index is 10.6. The van der Waals surface area contributed by atoms with E-state index >= 15 is 0 Å². The van der Waals surface area contributed by atoms with Crippen LogP contribution in [0.25, 0.3) is 0 Å².